The minimum atomic E-state index is -0.683. The van der Waals surface area contributed by atoms with Gasteiger partial charge < -0.3 is 19.2 Å². The molecule has 3 aromatic carbocycles. The zero-order valence-corrected chi connectivity index (χ0v) is 23.8. The molecule has 218 valence electrons. The van der Waals surface area contributed by atoms with Crippen LogP contribution in [0.15, 0.2) is 77.3 Å². The van der Waals surface area contributed by atoms with Crippen molar-refractivity contribution in [1.82, 2.24) is 10.3 Å². The summed E-state index contributed by atoms with van der Waals surface area (Å²) in [5.41, 5.74) is 2.41. The number of rotatable bonds is 8. The number of halogens is 2. The maximum atomic E-state index is 16.5. The number of hydrogen-bond acceptors (Lipinski definition) is 6. The van der Waals surface area contributed by atoms with E-state index in [1.54, 1.807) is 37.4 Å². The lowest BCUT2D eigenvalue weighted by Gasteiger charge is -2.40. The van der Waals surface area contributed by atoms with Crippen LogP contribution in [0.25, 0.3) is 33.4 Å². The van der Waals surface area contributed by atoms with Crippen molar-refractivity contribution in [2.75, 3.05) is 27.4 Å². The van der Waals surface area contributed by atoms with Crippen LogP contribution in [0.3, 0.4) is 0 Å². The molecule has 2 aromatic heterocycles. The van der Waals surface area contributed by atoms with Gasteiger partial charge in [-0.2, -0.15) is 0 Å². The summed E-state index contributed by atoms with van der Waals surface area (Å²) >= 11 is 0. The number of furan rings is 1. The van der Waals surface area contributed by atoms with Crippen LogP contribution >= 0.6 is 0 Å². The summed E-state index contributed by atoms with van der Waals surface area (Å²) in [5, 5.41) is 2.53. The first kappa shape index (κ1) is 28.2. The highest BCUT2D eigenvalue weighted by Crippen LogP contribution is 2.42. The Morgan fingerprint density at radius 3 is 2.42 bits per heavy atom. The molecule has 0 aliphatic carbocycles. The van der Waals surface area contributed by atoms with Crippen molar-refractivity contribution in [3.8, 4) is 28.2 Å². The molecule has 1 saturated heterocycles. The summed E-state index contributed by atoms with van der Waals surface area (Å²) in [6, 6.07) is 17.5. The Labute approximate surface area is 246 Å². The number of Topliss-reactive ketones (excluding diaryl/α,β-unsaturated/α-hetero) is 1. The van der Waals surface area contributed by atoms with Crippen LogP contribution in [-0.4, -0.2) is 44.0 Å². The van der Waals surface area contributed by atoms with Gasteiger partial charge in [-0.05, 0) is 78.7 Å². The average molecular weight is 583 g/mol. The number of aryl methyl sites for hydroxylation is 1. The van der Waals surface area contributed by atoms with Crippen LogP contribution in [-0.2, 0) is 10.2 Å². The van der Waals surface area contributed by atoms with Gasteiger partial charge in [-0.1, -0.05) is 6.07 Å². The van der Waals surface area contributed by atoms with Crippen LogP contribution in [0.1, 0.15) is 38.4 Å². The third-order valence-electron chi connectivity index (χ3n) is 7.95. The Morgan fingerprint density at radius 2 is 1.79 bits per heavy atom. The summed E-state index contributed by atoms with van der Waals surface area (Å²) in [7, 11) is 2.92. The molecule has 0 atom stereocenters. The highest BCUT2D eigenvalue weighted by atomic mass is 19.1. The van der Waals surface area contributed by atoms with Gasteiger partial charge in [0.15, 0.2) is 5.78 Å². The molecule has 43 heavy (non-hydrogen) atoms. The van der Waals surface area contributed by atoms with Gasteiger partial charge in [0.2, 0.25) is 0 Å². The fourth-order valence-electron chi connectivity index (χ4n) is 5.63. The van der Waals surface area contributed by atoms with E-state index in [1.165, 1.54) is 38.4 Å². The number of nitrogens with zero attached hydrogens (tertiary/aromatic N) is 1. The minimum Gasteiger partial charge on any atom is -0.496 e. The molecule has 5 aromatic rings. The number of amides is 1. The predicted molar refractivity (Wildman–Crippen MR) is 157 cm³/mol. The van der Waals surface area contributed by atoms with E-state index in [4.69, 9.17) is 13.9 Å². The maximum absolute atomic E-state index is 16.5. The van der Waals surface area contributed by atoms with Crippen LogP contribution in [0.5, 0.6) is 5.75 Å². The third kappa shape index (κ3) is 4.85. The molecule has 3 heterocycles. The van der Waals surface area contributed by atoms with E-state index >= 15 is 4.39 Å². The number of hydrogen-bond donors (Lipinski definition) is 1. The SMILES string of the molecule is CNC(=O)c1c(-c2ccc(F)cc2)oc2ccc(-c3cc(C(=O)CC4(c5ccccn5)COC4)c(OC)cc3C)c(F)c12. The fourth-order valence-corrected chi connectivity index (χ4v) is 5.63. The number of carbonyl (C=O) groups excluding carboxylic acids is 2. The Bertz CT molecular complexity index is 1860. The van der Waals surface area contributed by atoms with Gasteiger partial charge in [-0.3, -0.25) is 14.6 Å². The third-order valence-corrected chi connectivity index (χ3v) is 7.95. The standard InChI is InChI=1S/C34H28F2N2O5/c1-19-14-27(41-3)24(25(39)16-34(17-42-18-34)28-6-4-5-13-38-28)15-23(19)22-11-12-26-29(31(22)36)30(33(40)37-2)32(43-26)20-7-9-21(35)10-8-20/h4-15H,16-18H2,1-3H3,(H,37,40). The lowest BCUT2D eigenvalue weighted by atomic mass is 9.76. The van der Waals surface area contributed by atoms with Gasteiger partial charge in [0.05, 0.1) is 47.9 Å². The first-order chi connectivity index (χ1) is 20.8. The van der Waals surface area contributed by atoms with Crippen LogP contribution < -0.4 is 10.1 Å². The average Bonchev–Trinajstić information content (AvgIpc) is 3.40. The first-order valence-electron chi connectivity index (χ1n) is 13.7. The molecule has 7 nitrogen and oxygen atoms in total. The Balaban J connectivity index is 1.47. The van der Waals surface area contributed by atoms with Crippen molar-refractivity contribution in [2.45, 2.75) is 18.8 Å². The van der Waals surface area contributed by atoms with Gasteiger partial charge in [0.1, 0.15) is 28.7 Å². The monoisotopic (exact) mass is 582 g/mol. The van der Waals surface area contributed by atoms with E-state index in [0.29, 0.717) is 41.2 Å². The predicted octanol–water partition coefficient (Wildman–Crippen LogP) is 6.66. The molecular formula is C34H28F2N2O5. The van der Waals surface area contributed by atoms with Crippen LogP contribution in [0, 0.1) is 18.6 Å². The van der Waals surface area contributed by atoms with Gasteiger partial charge in [0.25, 0.3) is 5.91 Å². The quantitative estimate of drug-likeness (QED) is 0.206. The zero-order valence-electron chi connectivity index (χ0n) is 23.8. The summed E-state index contributed by atoms with van der Waals surface area (Å²) in [6.07, 6.45) is 1.82. The summed E-state index contributed by atoms with van der Waals surface area (Å²) in [4.78, 5) is 31.3. The topological polar surface area (TPSA) is 90.7 Å². The number of aromatic nitrogens is 1. The van der Waals surface area contributed by atoms with E-state index in [2.05, 4.69) is 10.3 Å². The molecule has 1 aliphatic heterocycles. The number of carbonyl (C=O) groups is 2. The highest BCUT2D eigenvalue weighted by Gasteiger charge is 2.44. The smallest absolute Gasteiger partial charge is 0.255 e. The van der Waals surface area contributed by atoms with Crippen LogP contribution in [0.4, 0.5) is 8.78 Å². The summed E-state index contributed by atoms with van der Waals surface area (Å²) in [5.74, 6) is -1.39. The van der Waals surface area contributed by atoms with Gasteiger partial charge in [0, 0.05) is 30.8 Å². The van der Waals surface area contributed by atoms with Gasteiger partial charge in [-0.25, -0.2) is 8.78 Å². The molecule has 6 rings (SSSR count). The number of methoxy groups -OCH3 is 1. The second-order valence-corrected chi connectivity index (χ2v) is 10.6. The molecule has 1 amide bonds. The zero-order chi connectivity index (χ0) is 30.3. The Hall–Kier alpha value is -4.89. The Kier molecular flexibility index (Phi) is 7.27. The lowest BCUT2D eigenvalue weighted by molar-refractivity contribution is -0.0621. The number of ether oxygens (including phenoxy) is 2. The molecule has 0 bridgehead atoms. The Morgan fingerprint density at radius 1 is 1.02 bits per heavy atom. The largest absolute Gasteiger partial charge is 0.496 e. The van der Waals surface area contributed by atoms with E-state index < -0.39 is 23.0 Å². The van der Waals surface area contributed by atoms with Crippen LogP contribution in [0.2, 0.25) is 0 Å². The summed E-state index contributed by atoms with van der Waals surface area (Å²) in [6.45, 7) is 2.52. The maximum Gasteiger partial charge on any atom is 0.255 e. The van der Waals surface area contributed by atoms with Crippen molar-refractivity contribution in [3.63, 3.8) is 0 Å². The summed E-state index contributed by atoms with van der Waals surface area (Å²) < 4.78 is 47.2. The van der Waals surface area contributed by atoms with E-state index in [9.17, 15) is 14.0 Å². The van der Waals surface area contributed by atoms with Crippen molar-refractivity contribution in [2.24, 2.45) is 0 Å². The van der Waals surface area contributed by atoms with Gasteiger partial charge in [-0.15, -0.1) is 0 Å². The number of nitrogens with one attached hydrogen (secondary N) is 1. The number of benzene rings is 3. The highest BCUT2D eigenvalue weighted by molar-refractivity contribution is 6.12. The molecule has 9 heteroatoms. The van der Waals surface area contributed by atoms with E-state index in [1.807, 2.05) is 18.2 Å². The lowest BCUT2D eigenvalue weighted by Crippen LogP contribution is -2.48. The van der Waals surface area contributed by atoms with E-state index in [0.717, 1.165) is 5.69 Å². The minimum absolute atomic E-state index is 0.00629. The fraction of sp³-hybridized carbons (Fsp3) is 0.206. The van der Waals surface area contributed by atoms with Crippen molar-refractivity contribution < 1.29 is 32.3 Å². The van der Waals surface area contributed by atoms with Crippen molar-refractivity contribution in [3.05, 3.63) is 107 Å². The van der Waals surface area contributed by atoms with Crippen molar-refractivity contribution >= 4 is 22.7 Å². The molecule has 1 N–H and O–H groups in total. The molecule has 0 saturated carbocycles. The molecule has 1 aliphatic rings. The number of pyridine rings is 1. The number of fused-ring (bicyclic) bond motifs is 1. The van der Waals surface area contributed by atoms with Crippen molar-refractivity contribution in [1.29, 1.82) is 0 Å². The molecule has 0 unspecified atom stereocenters. The second kappa shape index (κ2) is 11.1. The molecule has 0 spiro atoms. The van der Waals surface area contributed by atoms with Gasteiger partial charge >= 0.3 is 0 Å². The molecular weight excluding hydrogens is 554 g/mol. The second-order valence-electron chi connectivity index (χ2n) is 10.6. The molecule has 0 radical (unpaired) electrons. The molecule has 1 fully saturated rings. The number of ketones is 1. The van der Waals surface area contributed by atoms with E-state index in [-0.39, 0.29) is 40.1 Å². The normalized spacial score (nSPS) is 13.9. The first-order valence-corrected chi connectivity index (χ1v) is 13.7.